The SMILES string of the molecule is O=C(COc1ccc([N+](=O)[O-])cc1Cl)N1N=C2/C(=C\c3cccs3)CCC[C@@H]2[C@@H]1c1cccs1. The second kappa shape index (κ2) is 9.69. The fourth-order valence-electron chi connectivity index (χ4n) is 4.42. The van der Waals surface area contributed by atoms with Crippen molar-refractivity contribution < 1.29 is 14.5 Å². The van der Waals surface area contributed by atoms with E-state index in [4.69, 9.17) is 21.4 Å². The second-order valence-electron chi connectivity index (χ2n) is 8.03. The molecular weight excluding hydrogens is 494 g/mol. The smallest absolute Gasteiger partial charge is 0.281 e. The van der Waals surface area contributed by atoms with E-state index in [9.17, 15) is 14.9 Å². The first-order chi connectivity index (χ1) is 16.5. The number of allylic oxidation sites excluding steroid dienone is 1. The van der Waals surface area contributed by atoms with Gasteiger partial charge in [-0.25, -0.2) is 5.01 Å². The third-order valence-corrected chi connectivity index (χ3v) is 7.99. The molecule has 10 heteroatoms. The predicted octanol–water partition coefficient (Wildman–Crippen LogP) is 6.57. The van der Waals surface area contributed by atoms with Gasteiger partial charge in [0, 0.05) is 27.8 Å². The highest BCUT2D eigenvalue weighted by Gasteiger charge is 2.44. The molecule has 1 fully saturated rings. The molecule has 0 bridgehead atoms. The summed E-state index contributed by atoms with van der Waals surface area (Å²) in [6.07, 6.45) is 5.12. The van der Waals surface area contributed by atoms with Crippen LogP contribution >= 0.6 is 34.3 Å². The third-order valence-electron chi connectivity index (χ3n) is 5.93. The second-order valence-corrected chi connectivity index (χ2v) is 10.4. The number of nitro groups is 1. The number of ether oxygens (including phenoxy) is 1. The Morgan fingerprint density at radius 1 is 1.26 bits per heavy atom. The zero-order valence-corrected chi connectivity index (χ0v) is 20.3. The fourth-order valence-corrected chi connectivity index (χ4v) is 6.20. The van der Waals surface area contributed by atoms with E-state index < -0.39 is 4.92 Å². The van der Waals surface area contributed by atoms with Crippen molar-refractivity contribution in [3.05, 3.63) is 83.7 Å². The Morgan fingerprint density at radius 2 is 2.09 bits per heavy atom. The average molecular weight is 514 g/mol. The van der Waals surface area contributed by atoms with Crippen molar-refractivity contribution in [3.63, 3.8) is 0 Å². The number of nitrogens with zero attached hydrogens (tertiary/aromatic N) is 3. The molecule has 3 aromatic rings. The Balaban J connectivity index is 1.41. The van der Waals surface area contributed by atoms with Crippen LogP contribution in [0.5, 0.6) is 5.75 Å². The number of carbonyl (C=O) groups is 1. The maximum Gasteiger partial charge on any atom is 0.281 e. The van der Waals surface area contributed by atoms with E-state index in [-0.39, 0.29) is 40.9 Å². The molecule has 5 rings (SSSR count). The summed E-state index contributed by atoms with van der Waals surface area (Å²) < 4.78 is 5.65. The highest BCUT2D eigenvalue weighted by Crippen LogP contribution is 2.45. The minimum absolute atomic E-state index is 0.0828. The van der Waals surface area contributed by atoms with Crippen LogP contribution in [0.2, 0.25) is 5.02 Å². The number of thiophene rings is 2. The number of carbonyl (C=O) groups excluding carboxylic acids is 1. The summed E-state index contributed by atoms with van der Waals surface area (Å²) in [5, 5.41) is 21.4. The van der Waals surface area contributed by atoms with Gasteiger partial charge < -0.3 is 4.74 Å². The highest BCUT2D eigenvalue weighted by atomic mass is 35.5. The number of amides is 1. The molecule has 2 aromatic heterocycles. The number of fused-ring (bicyclic) bond motifs is 1. The molecule has 3 heterocycles. The standard InChI is InChI=1S/C24H20ClN3O4S2/c25-19-13-16(28(30)31)8-9-20(19)32-14-22(29)27-24(21-7-3-11-34-21)18-6-1-4-15(23(18)26-27)12-17-5-2-10-33-17/h2-3,5,7-13,18,24H,1,4,6,14H2/b15-12-/t18-,24+/m0/s1. The Morgan fingerprint density at radius 3 is 2.79 bits per heavy atom. The molecule has 0 spiro atoms. The van der Waals surface area contributed by atoms with Crippen LogP contribution in [0, 0.1) is 16.0 Å². The first-order valence-corrected chi connectivity index (χ1v) is 12.9. The van der Waals surface area contributed by atoms with Gasteiger partial charge in [-0.15, -0.1) is 22.7 Å². The van der Waals surface area contributed by atoms with Crippen molar-refractivity contribution in [2.24, 2.45) is 11.0 Å². The number of non-ortho nitro benzene ring substituents is 1. The maximum atomic E-state index is 13.3. The van der Waals surface area contributed by atoms with Crippen molar-refractivity contribution in [1.82, 2.24) is 5.01 Å². The lowest BCUT2D eigenvalue weighted by Crippen LogP contribution is -2.34. The Labute approximate surface area is 209 Å². The number of nitro benzene ring substituents is 1. The Kier molecular flexibility index (Phi) is 6.49. The number of halogens is 1. The molecule has 2 aliphatic rings. The third kappa shape index (κ3) is 4.51. The Hall–Kier alpha value is -3.01. The number of hydrogen-bond acceptors (Lipinski definition) is 7. The molecule has 1 saturated carbocycles. The summed E-state index contributed by atoms with van der Waals surface area (Å²) in [6, 6.07) is 11.9. The lowest BCUT2D eigenvalue weighted by atomic mass is 9.79. The molecule has 1 amide bonds. The summed E-state index contributed by atoms with van der Waals surface area (Å²) in [5.41, 5.74) is 2.01. The zero-order valence-electron chi connectivity index (χ0n) is 17.9. The molecule has 174 valence electrons. The van der Waals surface area contributed by atoms with Crippen LogP contribution in [0.15, 0.2) is 63.9 Å². The molecule has 7 nitrogen and oxygen atoms in total. The van der Waals surface area contributed by atoms with Gasteiger partial charge in [0.1, 0.15) is 5.75 Å². The minimum atomic E-state index is -0.532. The summed E-state index contributed by atoms with van der Waals surface area (Å²) in [5.74, 6) is 0.0616. The van der Waals surface area contributed by atoms with E-state index in [1.165, 1.54) is 28.6 Å². The van der Waals surface area contributed by atoms with Crippen LogP contribution in [-0.2, 0) is 4.79 Å². The Bertz CT molecular complexity index is 1270. The average Bonchev–Trinajstić information content (AvgIpc) is 3.58. The summed E-state index contributed by atoms with van der Waals surface area (Å²) in [6.45, 7) is -0.271. The van der Waals surface area contributed by atoms with Gasteiger partial charge in [-0.2, -0.15) is 5.10 Å². The fraction of sp³-hybridized carbons (Fsp3) is 0.250. The summed E-state index contributed by atoms with van der Waals surface area (Å²) in [4.78, 5) is 26.0. The highest BCUT2D eigenvalue weighted by molar-refractivity contribution is 7.11. The van der Waals surface area contributed by atoms with E-state index in [0.717, 1.165) is 29.9 Å². The molecule has 0 radical (unpaired) electrons. The molecular formula is C24H20ClN3O4S2. The number of hydrogen-bond donors (Lipinski definition) is 0. The van der Waals surface area contributed by atoms with Crippen LogP contribution in [-0.4, -0.2) is 28.2 Å². The quantitative estimate of drug-likeness (QED) is 0.275. The molecule has 0 N–H and O–H groups in total. The van der Waals surface area contributed by atoms with Gasteiger partial charge in [-0.1, -0.05) is 23.7 Å². The number of benzene rings is 1. The molecule has 1 aromatic carbocycles. The first-order valence-electron chi connectivity index (χ1n) is 10.8. The van der Waals surface area contributed by atoms with E-state index in [0.29, 0.717) is 0 Å². The van der Waals surface area contributed by atoms with Gasteiger partial charge in [0.15, 0.2) is 6.61 Å². The topological polar surface area (TPSA) is 85.0 Å². The van der Waals surface area contributed by atoms with E-state index in [2.05, 4.69) is 12.1 Å². The lowest BCUT2D eigenvalue weighted by molar-refractivity contribution is -0.384. The van der Waals surface area contributed by atoms with Crippen LogP contribution in [0.25, 0.3) is 6.08 Å². The zero-order chi connectivity index (χ0) is 23.7. The molecule has 0 unspecified atom stereocenters. The van der Waals surface area contributed by atoms with Crippen molar-refractivity contribution in [2.45, 2.75) is 25.3 Å². The van der Waals surface area contributed by atoms with E-state index in [1.54, 1.807) is 27.7 Å². The van der Waals surface area contributed by atoms with Gasteiger partial charge >= 0.3 is 0 Å². The molecule has 1 aliphatic carbocycles. The van der Waals surface area contributed by atoms with E-state index >= 15 is 0 Å². The van der Waals surface area contributed by atoms with Crippen molar-refractivity contribution in [2.75, 3.05) is 6.61 Å². The van der Waals surface area contributed by atoms with Gasteiger partial charge in [-0.3, -0.25) is 14.9 Å². The number of hydrazone groups is 1. The van der Waals surface area contributed by atoms with Gasteiger partial charge in [-0.05, 0) is 59.9 Å². The largest absolute Gasteiger partial charge is 0.482 e. The molecule has 1 aliphatic heterocycles. The minimum Gasteiger partial charge on any atom is -0.482 e. The van der Waals surface area contributed by atoms with Gasteiger partial charge in [0.2, 0.25) is 0 Å². The van der Waals surface area contributed by atoms with Crippen LogP contribution < -0.4 is 4.74 Å². The van der Waals surface area contributed by atoms with Crippen LogP contribution in [0.3, 0.4) is 0 Å². The van der Waals surface area contributed by atoms with Crippen molar-refractivity contribution in [1.29, 1.82) is 0 Å². The molecule has 34 heavy (non-hydrogen) atoms. The lowest BCUT2D eigenvalue weighted by Gasteiger charge is -2.28. The maximum absolute atomic E-state index is 13.3. The molecule has 2 atom stereocenters. The van der Waals surface area contributed by atoms with Gasteiger partial charge in [0.05, 0.1) is 21.7 Å². The normalized spacial score (nSPS) is 20.8. The van der Waals surface area contributed by atoms with Crippen molar-refractivity contribution >= 4 is 57.7 Å². The molecule has 0 saturated heterocycles. The predicted molar refractivity (Wildman–Crippen MR) is 135 cm³/mol. The first kappa shape index (κ1) is 22.8. The number of rotatable bonds is 6. The van der Waals surface area contributed by atoms with E-state index in [1.807, 2.05) is 29.0 Å². The monoisotopic (exact) mass is 513 g/mol. The summed E-state index contributed by atoms with van der Waals surface area (Å²) >= 11 is 9.42. The van der Waals surface area contributed by atoms with Crippen LogP contribution in [0.4, 0.5) is 5.69 Å². The van der Waals surface area contributed by atoms with Crippen molar-refractivity contribution in [3.8, 4) is 5.75 Å². The van der Waals surface area contributed by atoms with Gasteiger partial charge in [0.25, 0.3) is 11.6 Å². The van der Waals surface area contributed by atoms with Crippen LogP contribution in [0.1, 0.15) is 35.1 Å². The summed E-state index contributed by atoms with van der Waals surface area (Å²) in [7, 11) is 0.